The maximum Gasteiger partial charge on any atom is 0.305 e. The van der Waals surface area contributed by atoms with Gasteiger partial charge in [0.25, 0.3) is 0 Å². The fourth-order valence-electron chi connectivity index (χ4n) is 9.96. The third kappa shape index (κ3) is 5.67. The van der Waals surface area contributed by atoms with E-state index in [1.165, 1.54) is 19.3 Å². The van der Waals surface area contributed by atoms with Gasteiger partial charge in [0.1, 0.15) is 17.7 Å². The summed E-state index contributed by atoms with van der Waals surface area (Å²) in [7, 11) is 0. The van der Waals surface area contributed by atoms with Crippen molar-refractivity contribution in [2.45, 2.75) is 145 Å². The quantitative estimate of drug-likeness (QED) is 0.280. The van der Waals surface area contributed by atoms with Gasteiger partial charge in [-0.05, 0) is 105 Å². The average molecular weight is 531 g/mol. The molecule has 0 spiro atoms. The van der Waals surface area contributed by atoms with Crippen LogP contribution in [0.1, 0.15) is 139 Å². The number of carbonyl (C=O) groups is 3. The summed E-state index contributed by atoms with van der Waals surface area (Å²) in [5.74, 6) is 3.62. The molecule has 0 aliphatic heterocycles. The first-order valence-corrected chi connectivity index (χ1v) is 16.4. The van der Waals surface area contributed by atoms with Crippen LogP contribution in [-0.2, 0) is 19.1 Å². The van der Waals surface area contributed by atoms with E-state index in [2.05, 4.69) is 34.6 Å². The molecule has 10 atom stereocenters. The monoisotopic (exact) mass is 530 g/mol. The molecular weight excluding hydrogens is 472 g/mol. The molecule has 0 radical (unpaired) electrons. The number of Topliss-reactive ketones (excluding diaryl/α,β-unsaturated/α-hetero) is 2. The molecule has 0 saturated heterocycles. The number of fused-ring (bicyclic) bond motifs is 5. The minimum Gasteiger partial charge on any atom is -0.462 e. The van der Waals surface area contributed by atoms with Crippen molar-refractivity contribution in [3.63, 3.8) is 0 Å². The highest BCUT2D eigenvalue weighted by Crippen LogP contribution is 2.68. The van der Waals surface area contributed by atoms with Gasteiger partial charge in [0.15, 0.2) is 0 Å². The summed E-state index contributed by atoms with van der Waals surface area (Å²) in [4.78, 5) is 38.5. The number of hydrogen-bond donors (Lipinski definition) is 0. The zero-order chi connectivity index (χ0) is 28.3. The summed E-state index contributed by atoms with van der Waals surface area (Å²) in [6, 6.07) is 0. The van der Waals surface area contributed by atoms with Gasteiger partial charge in [0.2, 0.25) is 0 Å². The summed E-state index contributed by atoms with van der Waals surface area (Å²) >= 11 is 0. The van der Waals surface area contributed by atoms with Crippen molar-refractivity contribution in [2.75, 3.05) is 0 Å². The van der Waals surface area contributed by atoms with Crippen LogP contribution in [0, 0.1) is 52.3 Å². The number of carbonyl (C=O) groups excluding carboxylic acids is 3. The fourth-order valence-corrected chi connectivity index (χ4v) is 9.96. The van der Waals surface area contributed by atoms with Crippen molar-refractivity contribution >= 4 is 17.5 Å². The van der Waals surface area contributed by atoms with Gasteiger partial charge in [-0.15, -0.1) is 0 Å². The molecule has 4 saturated carbocycles. The van der Waals surface area contributed by atoms with Crippen molar-refractivity contribution in [2.24, 2.45) is 52.3 Å². The second-order valence-corrected chi connectivity index (χ2v) is 13.5. The predicted octanol–water partition coefficient (Wildman–Crippen LogP) is 8.59. The largest absolute Gasteiger partial charge is 0.462 e. The third-order valence-electron chi connectivity index (χ3n) is 11.9. The van der Waals surface area contributed by atoms with E-state index in [4.69, 9.17) is 4.74 Å². The number of hydrogen-bond acceptors (Lipinski definition) is 4. The summed E-state index contributed by atoms with van der Waals surface area (Å²) in [6.45, 7) is 17.5. The van der Waals surface area contributed by atoms with Gasteiger partial charge in [-0.1, -0.05) is 55.4 Å². The maximum absolute atomic E-state index is 14.3. The Morgan fingerprint density at radius 2 is 1.58 bits per heavy atom. The molecule has 4 aliphatic rings. The van der Waals surface area contributed by atoms with Crippen LogP contribution in [0.25, 0.3) is 0 Å². The second kappa shape index (κ2) is 13.0. The van der Waals surface area contributed by atoms with E-state index in [0.29, 0.717) is 54.0 Å². The smallest absolute Gasteiger partial charge is 0.305 e. The molecule has 218 valence electrons. The van der Waals surface area contributed by atoms with Crippen molar-refractivity contribution in [3.05, 3.63) is 0 Å². The summed E-state index contributed by atoms with van der Waals surface area (Å²) in [6.07, 6.45) is 12.3. The van der Waals surface area contributed by atoms with Crippen LogP contribution in [0.4, 0.5) is 0 Å². The van der Waals surface area contributed by atoms with E-state index in [-0.39, 0.29) is 34.7 Å². The van der Waals surface area contributed by atoms with E-state index >= 15 is 0 Å². The Bertz CT molecular complexity index is 834. The lowest BCUT2D eigenvalue weighted by molar-refractivity contribution is -0.179. The van der Waals surface area contributed by atoms with Crippen molar-refractivity contribution < 1.29 is 19.1 Å². The van der Waals surface area contributed by atoms with Crippen LogP contribution in [0.5, 0.6) is 0 Å². The highest BCUT2D eigenvalue weighted by Gasteiger charge is 2.65. The number of ether oxygens (including phenoxy) is 1. The van der Waals surface area contributed by atoms with Crippen molar-refractivity contribution in [1.29, 1.82) is 0 Å². The van der Waals surface area contributed by atoms with Gasteiger partial charge in [-0.25, -0.2) is 0 Å². The molecule has 4 fully saturated rings. The van der Waals surface area contributed by atoms with Gasteiger partial charge in [-0.3, -0.25) is 14.4 Å². The molecule has 0 bridgehead atoms. The number of ketones is 2. The Morgan fingerprint density at radius 3 is 2.21 bits per heavy atom. The predicted molar refractivity (Wildman–Crippen MR) is 155 cm³/mol. The standard InChI is InChI=1S/C32H52O4.C2H6/c1-7-10-21(33)12-11-20(4)24-13-14-25-29-26(16-18-31(24,25)5)32(6)17-15-22(36-28(34)9-3)19-27(32)23(8-2)30(29)35;1-2/h20,22-27,29H,7-19H2,1-6H3;1-2H3/t20-,22-,23-,24?,25?,26?,27?,29?,31?,32?;/m1./s1. The van der Waals surface area contributed by atoms with E-state index in [9.17, 15) is 14.4 Å². The van der Waals surface area contributed by atoms with E-state index < -0.39 is 0 Å². The van der Waals surface area contributed by atoms with Crippen LogP contribution in [-0.4, -0.2) is 23.6 Å². The molecule has 0 heterocycles. The Balaban J connectivity index is 0.00000195. The van der Waals surface area contributed by atoms with Crippen LogP contribution >= 0.6 is 0 Å². The van der Waals surface area contributed by atoms with Gasteiger partial charge in [-0.2, -0.15) is 0 Å². The third-order valence-corrected chi connectivity index (χ3v) is 11.9. The minimum atomic E-state index is -0.104. The van der Waals surface area contributed by atoms with Crippen molar-refractivity contribution in [1.82, 2.24) is 0 Å². The SMILES string of the molecule is CC.CCCC(=O)CC[C@@H](C)C1CCC2C3C(=O)[C@H](CC)C4C[C@H](OC(=O)CC)CCC4(C)C3CCC21C. The molecule has 0 amide bonds. The lowest BCUT2D eigenvalue weighted by atomic mass is 9.42. The van der Waals surface area contributed by atoms with Crippen LogP contribution in [0.15, 0.2) is 0 Å². The minimum absolute atomic E-state index is 0.0186. The summed E-state index contributed by atoms with van der Waals surface area (Å²) in [5, 5.41) is 0. The van der Waals surface area contributed by atoms with E-state index in [1.54, 1.807) is 0 Å². The molecule has 0 aromatic rings. The Morgan fingerprint density at radius 1 is 0.921 bits per heavy atom. The first kappa shape index (κ1) is 31.3. The Hall–Kier alpha value is -1.19. The molecule has 0 aromatic carbocycles. The lowest BCUT2D eigenvalue weighted by Crippen LogP contribution is -2.60. The number of rotatable bonds is 9. The molecule has 0 aromatic heterocycles. The zero-order valence-corrected chi connectivity index (χ0v) is 25.9. The van der Waals surface area contributed by atoms with E-state index in [1.807, 2.05) is 20.8 Å². The van der Waals surface area contributed by atoms with Crippen LogP contribution < -0.4 is 0 Å². The first-order valence-electron chi connectivity index (χ1n) is 16.4. The van der Waals surface area contributed by atoms with E-state index in [0.717, 1.165) is 51.4 Å². The van der Waals surface area contributed by atoms with Crippen molar-refractivity contribution in [3.8, 4) is 0 Å². The molecule has 0 N–H and O–H groups in total. The molecule has 4 nitrogen and oxygen atoms in total. The molecule has 38 heavy (non-hydrogen) atoms. The first-order chi connectivity index (χ1) is 18.1. The summed E-state index contributed by atoms with van der Waals surface area (Å²) in [5.41, 5.74) is 0.394. The van der Waals surface area contributed by atoms with Crippen LogP contribution in [0.3, 0.4) is 0 Å². The van der Waals surface area contributed by atoms with Gasteiger partial charge < -0.3 is 4.74 Å². The lowest BCUT2D eigenvalue weighted by Gasteiger charge is -2.62. The maximum atomic E-state index is 14.3. The molecular formula is C34H58O4. The molecule has 7 unspecified atom stereocenters. The average Bonchev–Trinajstić information content (AvgIpc) is 3.26. The molecule has 4 heteroatoms. The van der Waals surface area contributed by atoms with Gasteiger partial charge >= 0.3 is 5.97 Å². The summed E-state index contributed by atoms with van der Waals surface area (Å²) < 4.78 is 5.81. The topological polar surface area (TPSA) is 60.4 Å². The fraction of sp³-hybridized carbons (Fsp3) is 0.912. The van der Waals surface area contributed by atoms with Crippen LogP contribution in [0.2, 0.25) is 0 Å². The molecule has 4 aliphatic carbocycles. The number of esters is 1. The molecule has 4 rings (SSSR count). The highest BCUT2D eigenvalue weighted by atomic mass is 16.5. The second-order valence-electron chi connectivity index (χ2n) is 13.5. The van der Waals surface area contributed by atoms with Gasteiger partial charge in [0.05, 0.1) is 0 Å². The Labute approximate surface area is 233 Å². The highest BCUT2D eigenvalue weighted by molar-refractivity contribution is 5.86. The Kier molecular flexibility index (Phi) is 10.7. The normalized spacial score (nSPS) is 40.6. The van der Waals surface area contributed by atoms with Gasteiger partial charge in [0, 0.05) is 31.1 Å². The zero-order valence-electron chi connectivity index (χ0n) is 25.9.